The van der Waals surface area contributed by atoms with Gasteiger partial charge >= 0.3 is 0 Å². The normalized spacial score (nSPS) is 17.4. The van der Waals surface area contributed by atoms with Crippen LogP contribution in [0.2, 0.25) is 0 Å². The van der Waals surface area contributed by atoms with E-state index < -0.39 is 10.1 Å². The zero-order valence-corrected chi connectivity index (χ0v) is 12.6. The maximum absolute atomic E-state index is 9.19. The lowest BCUT2D eigenvalue weighted by atomic mass is 9.89. The monoisotopic (exact) mass is 301 g/mol. The minimum absolute atomic E-state index is 0.288. The molecule has 0 saturated carbocycles. The number of hydrogen-bond donors (Lipinski definition) is 2. The van der Waals surface area contributed by atoms with Crippen molar-refractivity contribution < 1.29 is 18.1 Å². The molecule has 0 aliphatic carbocycles. The van der Waals surface area contributed by atoms with Gasteiger partial charge in [-0.3, -0.25) is 4.55 Å². The lowest BCUT2D eigenvalue weighted by molar-refractivity contribution is 0.164. The average Bonchev–Trinajstić information content (AvgIpc) is 2.39. The Balaban J connectivity index is 0.000000347. The van der Waals surface area contributed by atoms with Crippen LogP contribution in [-0.4, -0.2) is 55.5 Å². The Hall–Kier alpha value is -0.950. The van der Waals surface area contributed by atoms with Crippen LogP contribution in [0, 0.1) is 0 Å². The Labute approximate surface area is 121 Å². The van der Waals surface area contributed by atoms with Crippen LogP contribution in [0.5, 0.6) is 0 Å². The zero-order chi connectivity index (χ0) is 15.0. The molecule has 1 aliphatic rings. The van der Waals surface area contributed by atoms with E-state index in [9.17, 15) is 8.42 Å². The van der Waals surface area contributed by atoms with Gasteiger partial charge in [0.1, 0.15) is 0 Å². The van der Waals surface area contributed by atoms with E-state index in [4.69, 9.17) is 9.66 Å². The van der Waals surface area contributed by atoms with Crippen molar-refractivity contribution in [1.29, 1.82) is 0 Å². The first-order valence-corrected chi connectivity index (χ1v) is 8.55. The zero-order valence-electron chi connectivity index (χ0n) is 11.8. The van der Waals surface area contributed by atoms with E-state index in [1.54, 1.807) is 0 Å². The van der Waals surface area contributed by atoms with E-state index in [0.717, 1.165) is 25.6 Å². The predicted molar refractivity (Wildman–Crippen MR) is 79.4 cm³/mol. The van der Waals surface area contributed by atoms with Crippen LogP contribution < -0.4 is 0 Å². The summed E-state index contributed by atoms with van der Waals surface area (Å²) in [4.78, 5) is 2.35. The highest BCUT2D eigenvalue weighted by Gasteiger charge is 2.19. The number of piperidine rings is 1. The van der Waals surface area contributed by atoms with Gasteiger partial charge in [-0.2, -0.15) is 8.42 Å². The summed E-state index contributed by atoms with van der Waals surface area (Å²) in [6.07, 6.45) is 3.17. The van der Waals surface area contributed by atoms with Crippen LogP contribution in [0.4, 0.5) is 0 Å². The highest BCUT2D eigenvalue weighted by atomic mass is 32.2. The van der Waals surface area contributed by atoms with Crippen LogP contribution >= 0.6 is 0 Å². The van der Waals surface area contributed by atoms with Gasteiger partial charge in [-0.25, -0.2) is 0 Å². The Morgan fingerprint density at radius 1 is 1.20 bits per heavy atom. The average molecular weight is 301 g/mol. The summed E-state index contributed by atoms with van der Waals surface area (Å²) < 4.78 is 25.9. The van der Waals surface area contributed by atoms with Crippen molar-refractivity contribution in [3.8, 4) is 0 Å². The molecule has 5 nitrogen and oxygen atoms in total. The van der Waals surface area contributed by atoms with Crippen molar-refractivity contribution in [2.45, 2.75) is 18.8 Å². The van der Waals surface area contributed by atoms with Crippen molar-refractivity contribution in [2.24, 2.45) is 0 Å². The standard InChI is InChI=1S/C13H19NO.CH4O3S/c15-11-10-14-8-6-13(7-9-14)12-4-2-1-3-5-12;1-5(2,3)4/h1-5,13,15H,6-11H2;1H3,(H,2,3,4). The second-order valence-electron chi connectivity index (χ2n) is 4.98. The molecule has 114 valence electrons. The first kappa shape index (κ1) is 17.1. The largest absolute Gasteiger partial charge is 0.395 e. The third-order valence-corrected chi connectivity index (χ3v) is 3.27. The summed E-state index contributed by atoms with van der Waals surface area (Å²) in [5.41, 5.74) is 1.47. The fraction of sp³-hybridized carbons (Fsp3) is 0.571. The second-order valence-corrected chi connectivity index (χ2v) is 6.45. The van der Waals surface area contributed by atoms with Crippen molar-refractivity contribution in [3.05, 3.63) is 35.9 Å². The molecule has 0 bridgehead atoms. The lowest BCUT2D eigenvalue weighted by Gasteiger charge is -2.31. The van der Waals surface area contributed by atoms with Gasteiger partial charge in [-0.15, -0.1) is 0 Å². The summed E-state index contributed by atoms with van der Waals surface area (Å²) in [6, 6.07) is 10.8. The number of aliphatic hydroxyl groups is 1. The van der Waals surface area contributed by atoms with Crippen molar-refractivity contribution in [1.82, 2.24) is 4.90 Å². The molecule has 0 amide bonds. The molecule has 0 atom stereocenters. The maximum Gasteiger partial charge on any atom is 0.261 e. The third-order valence-electron chi connectivity index (χ3n) is 3.27. The van der Waals surface area contributed by atoms with Crippen LogP contribution in [0.1, 0.15) is 24.3 Å². The minimum atomic E-state index is -3.67. The van der Waals surface area contributed by atoms with Gasteiger partial charge in [-0.1, -0.05) is 30.3 Å². The molecule has 1 aromatic rings. The summed E-state index contributed by atoms with van der Waals surface area (Å²) in [6.45, 7) is 3.37. The quantitative estimate of drug-likeness (QED) is 0.824. The fourth-order valence-electron chi connectivity index (χ4n) is 2.36. The summed E-state index contributed by atoms with van der Waals surface area (Å²) >= 11 is 0. The molecule has 2 N–H and O–H groups in total. The van der Waals surface area contributed by atoms with Crippen LogP contribution in [-0.2, 0) is 10.1 Å². The van der Waals surface area contributed by atoms with Crippen molar-refractivity contribution in [2.75, 3.05) is 32.5 Å². The topological polar surface area (TPSA) is 77.8 Å². The number of benzene rings is 1. The fourth-order valence-corrected chi connectivity index (χ4v) is 2.36. The molecule has 0 radical (unpaired) electrons. The van der Waals surface area contributed by atoms with Crippen LogP contribution in [0.3, 0.4) is 0 Å². The summed E-state index contributed by atoms with van der Waals surface area (Å²) in [5, 5.41) is 8.86. The minimum Gasteiger partial charge on any atom is -0.395 e. The molecular formula is C14H23NO4S. The van der Waals surface area contributed by atoms with Crippen LogP contribution in [0.15, 0.2) is 30.3 Å². The SMILES string of the molecule is CS(=O)(=O)O.OCCN1CCC(c2ccccc2)CC1. The molecule has 0 spiro atoms. The van der Waals surface area contributed by atoms with Crippen molar-refractivity contribution in [3.63, 3.8) is 0 Å². The summed E-state index contributed by atoms with van der Waals surface area (Å²) in [5.74, 6) is 0.723. The van der Waals surface area contributed by atoms with E-state index in [0.29, 0.717) is 6.26 Å². The molecule has 1 aliphatic heterocycles. The van der Waals surface area contributed by atoms with E-state index in [-0.39, 0.29) is 6.61 Å². The van der Waals surface area contributed by atoms with Gasteiger partial charge in [-0.05, 0) is 37.4 Å². The van der Waals surface area contributed by atoms with E-state index in [2.05, 4.69) is 35.2 Å². The number of β-amino-alcohol motifs (C(OH)–C–C–N with tert-alkyl or cyclic N) is 1. The summed E-state index contributed by atoms with van der Waals surface area (Å²) in [7, 11) is -3.67. The number of rotatable bonds is 3. The molecule has 6 heteroatoms. The smallest absolute Gasteiger partial charge is 0.261 e. The molecule has 0 unspecified atom stereocenters. The number of hydrogen-bond acceptors (Lipinski definition) is 4. The van der Waals surface area contributed by atoms with Crippen LogP contribution in [0.25, 0.3) is 0 Å². The van der Waals surface area contributed by atoms with Gasteiger partial charge in [0.15, 0.2) is 0 Å². The molecule has 20 heavy (non-hydrogen) atoms. The number of aliphatic hydroxyl groups excluding tert-OH is 1. The number of likely N-dealkylation sites (tertiary alicyclic amines) is 1. The Morgan fingerprint density at radius 3 is 2.15 bits per heavy atom. The molecule has 2 rings (SSSR count). The molecule has 1 saturated heterocycles. The first-order valence-electron chi connectivity index (χ1n) is 6.70. The molecule has 0 aromatic heterocycles. The third kappa shape index (κ3) is 7.59. The highest BCUT2D eigenvalue weighted by molar-refractivity contribution is 7.85. The predicted octanol–water partition coefficient (Wildman–Crippen LogP) is 1.36. The van der Waals surface area contributed by atoms with Gasteiger partial charge in [0.05, 0.1) is 12.9 Å². The highest BCUT2D eigenvalue weighted by Crippen LogP contribution is 2.27. The van der Waals surface area contributed by atoms with Crippen molar-refractivity contribution >= 4 is 10.1 Å². The lowest BCUT2D eigenvalue weighted by Crippen LogP contribution is -2.34. The molecule has 1 aromatic carbocycles. The van der Waals surface area contributed by atoms with Gasteiger partial charge in [0.2, 0.25) is 0 Å². The number of nitrogens with zero attached hydrogens (tertiary/aromatic N) is 1. The van der Waals surface area contributed by atoms with E-state index >= 15 is 0 Å². The Morgan fingerprint density at radius 2 is 1.70 bits per heavy atom. The maximum atomic E-state index is 9.19. The molecule has 1 fully saturated rings. The Bertz CT molecular complexity index is 459. The second kappa shape index (κ2) is 8.36. The first-order chi connectivity index (χ1) is 9.40. The van der Waals surface area contributed by atoms with Gasteiger partial charge in [0, 0.05) is 6.54 Å². The van der Waals surface area contributed by atoms with Gasteiger partial charge in [0.25, 0.3) is 10.1 Å². The van der Waals surface area contributed by atoms with Gasteiger partial charge < -0.3 is 10.0 Å². The molecule has 1 heterocycles. The van der Waals surface area contributed by atoms with E-state index in [1.807, 2.05) is 0 Å². The van der Waals surface area contributed by atoms with E-state index in [1.165, 1.54) is 18.4 Å². The molecular weight excluding hydrogens is 278 g/mol. The Kier molecular flexibility index (Phi) is 7.15.